The van der Waals surface area contributed by atoms with Crippen molar-refractivity contribution in [1.82, 2.24) is 0 Å². The van der Waals surface area contributed by atoms with E-state index in [0.717, 1.165) is 18.6 Å². The Morgan fingerprint density at radius 1 is 0.950 bits per heavy atom. The van der Waals surface area contributed by atoms with Gasteiger partial charge in [0, 0.05) is 12.2 Å². The molecule has 114 valence electrons. The van der Waals surface area contributed by atoms with Gasteiger partial charge in [-0.25, -0.2) is 9.59 Å². The normalized spacial score (nSPS) is 11.3. The molecule has 0 unspecified atom stereocenters. The van der Waals surface area contributed by atoms with Gasteiger partial charge in [0.05, 0.1) is 18.6 Å². The zero-order chi connectivity index (χ0) is 15.6. The fourth-order valence-corrected chi connectivity index (χ4v) is 1.12. The number of ether oxygens (including phenoxy) is 2. The summed E-state index contributed by atoms with van der Waals surface area (Å²) < 4.78 is 9.85. The molecule has 0 spiro atoms. The number of rotatable bonds is 8. The number of carbonyl (C=O) groups excluding carboxylic acids is 2. The predicted octanol–water partition coefficient (Wildman–Crippen LogP) is 1.93. The first-order valence-electron chi connectivity index (χ1n) is 6.48. The van der Waals surface area contributed by atoms with Crippen LogP contribution in [0.4, 0.5) is 0 Å². The second kappa shape index (κ2) is 9.12. The first kappa shape index (κ1) is 18.1. The molecule has 0 heterocycles. The van der Waals surface area contributed by atoms with Gasteiger partial charge in [0.15, 0.2) is 0 Å². The van der Waals surface area contributed by atoms with Crippen molar-refractivity contribution in [1.29, 1.82) is 0 Å². The molecular weight excluding hydrogens is 264 g/mol. The molecule has 0 bridgehead atoms. The third-order valence-electron chi connectivity index (χ3n) is 2.24. The molecule has 1 N–H and O–H groups in total. The van der Waals surface area contributed by atoms with Crippen molar-refractivity contribution in [3.63, 3.8) is 0 Å². The summed E-state index contributed by atoms with van der Waals surface area (Å²) in [6, 6.07) is 0. The molecule has 0 aliphatic rings. The van der Waals surface area contributed by atoms with E-state index in [1.807, 2.05) is 0 Å². The fourth-order valence-electron chi connectivity index (χ4n) is 1.12. The summed E-state index contributed by atoms with van der Waals surface area (Å²) in [5, 5.41) is 8.30. The van der Waals surface area contributed by atoms with Crippen molar-refractivity contribution in [2.45, 2.75) is 40.0 Å². The van der Waals surface area contributed by atoms with Gasteiger partial charge >= 0.3 is 17.9 Å². The molecule has 20 heavy (non-hydrogen) atoms. The maximum atomic E-state index is 11.4. The third kappa shape index (κ3) is 10.1. The summed E-state index contributed by atoms with van der Waals surface area (Å²) in [6.07, 6.45) is 3.69. The SMILES string of the molecule is CC(C)(C)C(=O)OCCCCCOC(=O)/C=C\C(=O)O. The van der Waals surface area contributed by atoms with E-state index < -0.39 is 17.4 Å². The van der Waals surface area contributed by atoms with Crippen LogP contribution in [0.15, 0.2) is 12.2 Å². The van der Waals surface area contributed by atoms with Crippen LogP contribution in [0.3, 0.4) is 0 Å². The van der Waals surface area contributed by atoms with Gasteiger partial charge in [-0.2, -0.15) is 0 Å². The van der Waals surface area contributed by atoms with Crippen molar-refractivity contribution in [2.24, 2.45) is 5.41 Å². The van der Waals surface area contributed by atoms with Gasteiger partial charge in [-0.15, -0.1) is 0 Å². The molecule has 6 nitrogen and oxygen atoms in total. The van der Waals surface area contributed by atoms with Crippen LogP contribution in [0.2, 0.25) is 0 Å². The van der Waals surface area contributed by atoms with E-state index in [1.165, 1.54) is 0 Å². The Morgan fingerprint density at radius 2 is 1.50 bits per heavy atom. The lowest BCUT2D eigenvalue weighted by molar-refractivity contribution is -0.153. The summed E-state index contributed by atoms with van der Waals surface area (Å²) in [5.41, 5.74) is -0.494. The van der Waals surface area contributed by atoms with Crippen molar-refractivity contribution in [3.8, 4) is 0 Å². The monoisotopic (exact) mass is 286 g/mol. The molecule has 6 heteroatoms. The lowest BCUT2D eigenvalue weighted by Gasteiger charge is -2.16. The molecular formula is C14H22O6. The van der Waals surface area contributed by atoms with Crippen molar-refractivity contribution in [3.05, 3.63) is 12.2 Å². The van der Waals surface area contributed by atoms with Crippen LogP contribution < -0.4 is 0 Å². The standard InChI is InChI=1S/C14H22O6/c1-14(2,3)13(18)20-10-6-4-5-9-19-12(17)8-7-11(15)16/h7-8H,4-6,9-10H2,1-3H3,(H,15,16)/b8-7-. The Bertz CT molecular complexity index is 364. The van der Waals surface area contributed by atoms with Gasteiger partial charge in [0.25, 0.3) is 0 Å². The Morgan fingerprint density at radius 3 is 2.00 bits per heavy atom. The predicted molar refractivity (Wildman–Crippen MR) is 72.0 cm³/mol. The number of hydrogen-bond acceptors (Lipinski definition) is 5. The van der Waals surface area contributed by atoms with Gasteiger partial charge in [0.1, 0.15) is 0 Å². The fraction of sp³-hybridized carbons (Fsp3) is 0.643. The molecule has 0 saturated heterocycles. The summed E-state index contributed by atoms with van der Waals surface area (Å²) in [4.78, 5) is 32.6. The van der Waals surface area contributed by atoms with Crippen molar-refractivity contribution >= 4 is 17.9 Å². The second-order valence-corrected chi connectivity index (χ2v) is 5.29. The smallest absolute Gasteiger partial charge is 0.331 e. The Hall–Kier alpha value is -1.85. The number of esters is 2. The van der Waals surface area contributed by atoms with E-state index in [4.69, 9.17) is 14.6 Å². The maximum Gasteiger partial charge on any atom is 0.331 e. The van der Waals surface area contributed by atoms with E-state index in [1.54, 1.807) is 20.8 Å². The third-order valence-corrected chi connectivity index (χ3v) is 2.24. The number of unbranched alkanes of at least 4 members (excludes halogenated alkanes) is 2. The van der Waals surface area contributed by atoms with Crippen molar-refractivity contribution < 1.29 is 29.0 Å². The average Bonchev–Trinajstić information content (AvgIpc) is 2.33. The second-order valence-electron chi connectivity index (χ2n) is 5.29. The molecule has 0 aromatic heterocycles. The molecule has 0 amide bonds. The van der Waals surface area contributed by atoms with E-state index in [2.05, 4.69) is 0 Å². The number of aliphatic carboxylic acids is 1. The van der Waals surface area contributed by atoms with Crippen LogP contribution in [0.1, 0.15) is 40.0 Å². The Balaban J connectivity index is 3.53. The van der Waals surface area contributed by atoms with Gasteiger partial charge < -0.3 is 14.6 Å². The molecule has 0 rings (SSSR count). The number of carboxylic acid groups (broad SMARTS) is 1. The van der Waals surface area contributed by atoms with E-state index in [0.29, 0.717) is 19.4 Å². The van der Waals surface area contributed by atoms with Crippen LogP contribution in [-0.4, -0.2) is 36.2 Å². The summed E-state index contributed by atoms with van der Waals surface area (Å²) in [6.45, 7) is 5.94. The molecule has 0 saturated carbocycles. The van der Waals surface area contributed by atoms with Crippen LogP contribution in [-0.2, 0) is 23.9 Å². The van der Waals surface area contributed by atoms with Gasteiger partial charge in [-0.1, -0.05) is 0 Å². The van der Waals surface area contributed by atoms with E-state index in [-0.39, 0.29) is 12.6 Å². The highest BCUT2D eigenvalue weighted by molar-refractivity contribution is 5.90. The van der Waals surface area contributed by atoms with Crippen molar-refractivity contribution in [2.75, 3.05) is 13.2 Å². The molecule has 0 aliphatic heterocycles. The average molecular weight is 286 g/mol. The zero-order valence-corrected chi connectivity index (χ0v) is 12.2. The topological polar surface area (TPSA) is 89.9 Å². The number of carbonyl (C=O) groups is 3. The Labute approximate surface area is 118 Å². The molecule has 0 aliphatic carbocycles. The molecule has 0 radical (unpaired) electrons. The number of carboxylic acids is 1. The van der Waals surface area contributed by atoms with Crippen LogP contribution >= 0.6 is 0 Å². The highest BCUT2D eigenvalue weighted by atomic mass is 16.5. The van der Waals surface area contributed by atoms with Crippen LogP contribution in [0, 0.1) is 5.41 Å². The van der Waals surface area contributed by atoms with Gasteiger partial charge in [0.2, 0.25) is 0 Å². The zero-order valence-electron chi connectivity index (χ0n) is 12.2. The largest absolute Gasteiger partial charge is 0.478 e. The van der Waals surface area contributed by atoms with E-state index in [9.17, 15) is 14.4 Å². The molecule has 0 atom stereocenters. The van der Waals surface area contributed by atoms with Crippen LogP contribution in [0.25, 0.3) is 0 Å². The molecule has 0 fully saturated rings. The van der Waals surface area contributed by atoms with Gasteiger partial charge in [-0.3, -0.25) is 4.79 Å². The highest BCUT2D eigenvalue weighted by Crippen LogP contribution is 2.15. The lowest BCUT2D eigenvalue weighted by Crippen LogP contribution is -2.23. The summed E-state index contributed by atoms with van der Waals surface area (Å²) in [7, 11) is 0. The quantitative estimate of drug-likeness (QED) is 0.416. The minimum Gasteiger partial charge on any atom is -0.478 e. The van der Waals surface area contributed by atoms with Gasteiger partial charge in [-0.05, 0) is 40.0 Å². The lowest BCUT2D eigenvalue weighted by atomic mass is 9.97. The maximum absolute atomic E-state index is 11.4. The minimum absolute atomic E-state index is 0.218. The van der Waals surface area contributed by atoms with E-state index >= 15 is 0 Å². The molecule has 0 aromatic rings. The minimum atomic E-state index is -1.19. The van der Waals surface area contributed by atoms with Crippen LogP contribution in [0.5, 0.6) is 0 Å². The highest BCUT2D eigenvalue weighted by Gasteiger charge is 2.22. The first-order valence-corrected chi connectivity index (χ1v) is 6.48. The summed E-state index contributed by atoms with van der Waals surface area (Å²) in [5.74, 6) is -2.10. The Kier molecular flexibility index (Phi) is 8.27. The summed E-state index contributed by atoms with van der Waals surface area (Å²) >= 11 is 0. The number of hydrogen-bond donors (Lipinski definition) is 1. The molecule has 0 aromatic carbocycles. The first-order chi connectivity index (χ1) is 9.23.